The van der Waals surface area contributed by atoms with Crippen LogP contribution < -0.4 is 5.32 Å². The Bertz CT molecular complexity index is 1040. The highest BCUT2D eigenvalue weighted by molar-refractivity contribution is 7.13. The molecule has 5 nitrogen and oxygen atoms in total. The molecule has 1 N–H and O–H groups in total. The van der Waals surface area contributed by atoms with Gasteiger partial charge in [0.2, 0.25) is 11.8 Å². The molecule has 1 aliphatic heterocycles. The van der Waals surface area contributed by atoms with Crippen LogP contribution in [-0.2, 0) is 22.4 Å². The van der Waals surface area contributed by atoms with E-state index < -0.39 is 6.04 Å². The summed E-state index contributed by atoms with van der Waals surface area (Å²) in [5, 5.41) is 6.65. The molecule has 1 aromatic heterocycles. The molecule has 1 fully saturated rings. The van der Waals surface area contributed by atoms with Gasteiger partial charge in [-0.3, -0.25) is 9.59 Å². The highest BCUT2D eigenvalue weighted by Gasteiger charge is 2.33. The standard InChI is InChI=1S/C24H24ClN3O2S/c25-19-10-8-17(9-11-19)15-22(29)28-14-4-7-21(28)23(30)26-13-12-20-16-31-24(27-20)18-5-2-1-3-6-18/h1-3,5-6,8-11,16,21H,4,7,12-15H2,(H,26,30)/t21-/m1/s1. The molecule has 1 saturated heterocycles. The smallest absolute Gasteiger partial charge is 0.242 e. The SMILES string of the molecule is O=C(NCCc1csc(-c2ccccc2)n1)[C@H]1CCCN1C(=O)Cc1ccc(Cl)cc1. The Balaban J connectivity index is 1.28. The number of thiazole rings is 1. The molecule has 1 atom stereocenters. The summed E-state index contributed by atoms with van der Waals surface area (Å²) in [6.07, 6.45) is 2.49. The zero-order valence-electron chi connectivity index (χ0n) is 17.1. The lowest BCUT2D eigenvalue weighted by Crippen LogP contribution is -2.46. The molecule has 31 heavy (non-hydrogen) atoms. The number of rotatable bonds is 7. The number of hydrogen-bond acceptors (Lipinski definition) is 4. The van der Waals surface area contributed by atoms with Crippen LogP contribution in [0.5, 0.6) is 0 Å². The first-order chi connectivity index (χ1) is 15.1. The Hall–Kier alpha value is -2.70. The number of nitrogens with zero attached hydrogens (tertiary/aromatic N) is 2. The van der Waals surface area contributed by atoms with E-state index in [0.29, 0.717) is 31.0 Å². The molecule has 3 aromatic rings. The summed E-state index contributed by atoms with van der Waals surface area (Å²) in [6.45, 7) is 1.13. The molecule has 0 aliphatic carbocycles. The summed E-state index contributed by atoms with van der Waals surface area (Å²) in [5.41, 5.74) is 2.97. The molecule has 2 heterocycles. The van der Waals surface area contributed by atoms with Crippen LogP contribution in [0.3, 0.4) is 0 Å². The second-order valence-electron chi connectivity index (χ2n) is 7.60. The fraction of sp³-hybridized carbons (Fsp3) is 0.292. The van der Waals surface area contributed by atoms with Gasteiger partial charge in [0.1, 0.15) is 11.0 Å². The van der Waals surface area contributed by atoms with Crippen molar-refractivity contribution in [2.24, 2.45) is 0 Å². The molecule has 160 valence electrons. The minimum Gasteiger partial charge on any atom is -0.354 e. The molecule has 2 aromatic carbocycles. The summed E-state index contributed by atoms with van der Waals surface area (Å²) >= 11 is 7.52. The Labute approximate surface area is 191 Å². The van der Waals surface area contributed by atoms with Gasteiger partial charge in [0.15, 0.2) is 0 Å². The summed E-state index contributed by atoms with van der Waals surface area (Å²) in [4.78, 5) is 31.9. The van der Waals surface area contributed by atoms with E-state index in [4.69, 9.17) is 11.6 Å². The molecule has 1 aliphatic rings. The molecular weight excluding hydrogens is 430 g/mol. The van der Waals surface area contributed by atoms with Crippen molar-refractivity contribution in [1.29, 1.82) is 0 Å². The number of amides is 2. The number of nitrogens with one attached hydrogen (secondary N) is 1. The van der Waals surface area contributed by atoms with Gasteiger partial charge < -0.3 is 10.2 Å². The number of carbonyl (C=O) groups is 2. The molecule has 7 heteroatoms. The van der Waals surface area contributed by atoms with Crippen LogP contribution in [0.15, 0.2) is 60.0 Å². The number of carbonyl (C=O) groups excluding carboxylic acids is 2. The Morgan fingerprint density at radius 3 is 2.68 bits per heavy atom. The van der Waals surface area contributed by atoms with E-state index in [1.54, 1.807) is 28.4 Å². The Morgan fingerprint density at radius 1 is 1.13 bits per heavy atom. The van der Waals surface area contributed by atoms with Crippen LogP contribution in [-0.4, -0.2) is 40.8 Å². The lowest BCUT2D eigenvalue weighted by molar-refractivity contribution is -0.137. The van der Waals surface area contributed by atoms with E-state index in [9.17, 15) is 9.59 Å². The van der Waals surface area contributed by atoms with E-state index >= 15 is 0 Å². The maximum Gasteiger partial charge on any atom is 0.242 e. The van der Waals surface area contributed by atoms with Gasteiger partial charge in [-0.1, -0.05) is 54.1 Å². The van der Waals surface area contributed by atoms with Crippen LogP contribution in [0.25, 0.3) is 10.6 Å². The molecule has 0 radical (unpaired) electrons. The van der Waals surface area contributed by atoms with Gasteiger partial charge in [0.25, 0.3) is 0 Å². The number of halogens is 1. The number of hydrogen-bond donors (Lipinski definition) is 1. The minimum atomic E-state index is -0.393. The van der Waals surface area contributed by atoms with Gasteiger partial charge in [-0.2, -0.15) is 0 Å². The Kier molecular flexibility index (Phi) is 6.99. The van der Waals surface area contributed by atoms with Crippen molar-refractivity contribution >= 4 is 34.8 Å². The fourth-order valence-corrected chi connectivity index (χ4v) is 4.77. The largest absolute Gasteiger partial charge is 0.354 e. The summed E-state index contributed by atoms with van der Waals surface area (Å²) in [6, 6.07) is 16.9. The lowest BCUT2D eigenvalue weighted by Gasteiger charge is -2.24. The van der Waals surface area contributed by atoms with E-state index in [0.717, 1.165) is 28.2 Å². The highest BCUT2D eigenvalue weighted by atomic mass is 35.5. The second kappa shape index (κ2) is 10.1. The van der Waals surface area contributed by atoms with E-state index in [2.05, 4.69) is 10.3 Å². The van der Waals surface area contributed by atoms with Gasteiger partial charge in [0, 0.05) is 35.5 Å². The van der Waals surface area contributed by atoms with Crippen molar-refractivity contribution < 1.29 is 9.59 Å². The third-order valence-electron chi connectivity index (χ3n) is 5.40. The molecular formula is C24H24ClN3O2S. The van der Waals surface area contributed by atoms with E-state index in [1.165, 1.54) is 0 Å². The maximum atomic E-state index is 12.8. The van der Waals surface area contributed by atoms with Crippen molar-refractivity contribution in [2.45, 2.75) is 31.7 Å². The van der Waals surface area contributed by atoms with Gasteiger partial charge in [0.05, 0.1) is 12.1 Å². The second-order valence-corrected chi connectivity index (χ2v) is 8.89. The topological polar surface area (TPSA) is 62.3 Å². The van der Waals surface area contributed by atoms with Crippen molar-refractivity contribution in [3.05, 3.63) is 76.3 Å². The Morgan fingerprint density at radius 2 is 1.90 bits per heavy atom. The zero-order valence-corrected chi connectivity index (χ0v) is 18.7. The summed E-state index contributed by atoms with van der Waals surface area (Å²) < 4.78 is 0. The van der Waals surface area contributed by atoms with E-state index in [-0.39, 0.29) is 18.2 Å². The van der Waals surface area contributed by atoms with Crippen molar-refractivity contribution in [3.8, 4) is 10.6 Å². The highest BCUT2D eigenvalue weighted by Crippen LogP contribution is 2.23. The first-order valence-corrected chi connectivity index (χ1v) is 11.7. The molecule has 0 spiro atoms. The predicted octanol–water partition coefficient (Wildman–Crippen LogP) is 4.36. The van der Waals surface area contributed by atoms with Crippen LogP contribution in [0.1, 0.15) is 24.1 Å². The van der Waals surface area contributed by atoms with Crippen molar-refractivity contribution in [2.75, 3.05) is 13.1 Å². The maximum absolute atomic E-state index is 12.8. The van der Waals surface area contributed by atoms with Gasteiger partial charge in [-0.05, 0) is 30.5 Å². The average Bonchev–Trinajstić information content (AvgIpc) is 3.46. The third kappa shape index (κ3) is 5.51. The molecule has 4 rings (SSSR count). The zero-order chi connectivity index (χ0) is 21.6. The van der Waals surface area contributed by atoms with Crippen LogP contribution >= 0.6 is 22.9 Å². The van der Waals surface area contributed by atoms with Crippen molar-refractivity contribution in [1.82, 2.24) is 15.2 Å². The first kappa shape index (κ1) is 21.5. The van der Waals surface area contributed by atoms with Gasteiger partial charge >= 0.3 is 0 Å². The lowest BCUT2D eigenvalue weighted by atomic mass is 10.1. The summed E-state index contributed by atoms with van der Waals surface area (Å²) in [5.74, 6) is -0.104. The van der Waals surface area contributed by atoms with Gasteiger partial charge in [-0.25, -0.2) is 4.98 Å². The molecule has 0 bridgehead atoms. The van der Waals surface area contributed by atoms with Crippen LogP contribution in [0.4, 0.5) is 0 Å². The number of likely N-dealkylation sites (tertiary alicyclic amines) is 1. The minimum absolute atomic E-state index is 0.0213. The first-order valence-electron chi connectivity index (χ1n) is 10.4. The number of benzene rings is 2. The molecule has 0 unspecified atom stereocenters. The monoisotopic (exact) mass is 453 g/mol. The van der Waals surface area contributed by atoms with Crippen molar-refractivity contribution in [3.63, 3.8) is 0 Å². The van der Waals surface area contributed by atoms with E-state index in [1.807, 2.05) is 47.8 Å². The van der Waals surface area contributed by atoms with Crippen LogP contribution in [0.2, 0.25) is 5.02 Å². The predicted molar refractivity (Wildman–Crippen MR) is 124 cm³/mol. The van der Waals surface area contributed by atoms with Gasteiger partial charge in [-0.15, -0.1) is 11.3 Å². The number of aromatic nitrogens is 1. The summed E-state index contributed by atoms with van der Waals surface area (Å²) in [7, 11) is 0. The fourth-order valence-electron chi connectivity index (χ4n) is 3.78. The quantitative estimate of drug-likeness (QED) is 0.578. The third-order valence-corrected chi connectivity index (χ3v) is 6.59. The normalized spacial score (nSPS) is 15.8. The molecule has 2 amide bonds. The average molecular weight is 454 g/mol. The molecule has 0 saturated carbocycles. The van der Waals surface area contributed by atoms with Crippen LogP contribution in [0, 0.1) is 0 Å².